The Bertz CT molecular complexity index is 695. The molecule has 0 aromatic heterocycles. The molecule has 0 atom stereocenters. The molecule has 0 bridgehead atoms. The van der Waals surface area contributed by atoms with E-state index < -0.39 is 0 Å². The maximum absolute atomic E-state index is 11.8. The smallest absolute Gasteiger partial charge is 0.309 e. The summed E-state index contributed by atoms with van der Waals surface area (Å²) in [4.78, 5) is 23.0. The normalized spacial score (nSPS) is 10.0. The van der Waals surface area contributed by atoms with Crippen LogP contribution in [0.4, 0.5) is 0 Å². The summed E-state index contributed by atoms with van der Waals surface area (Å²) in [5.41, 5.74) is 1.80. The standard InChI is InChI=1S/C19H21NO5/c1-23-16-7-5-15(6-8-16)12-20-18(21)13-25-17-9-3-14(4-10-17)11-19(22)24-2/h3-10H,11-13H2,1-2H3,(H,20,21). The molecule has 0 fully saturated rings. The molecule has 6 heteroatoms. The second-order valence-electron chi connectivity index (χ2n) is 5.31. The molecule has 2 aromatic rings. The second-order valence-corrected chi connectivity index (χ2v) is 5.31. The molecule has 0 spiro atoms. The molecule has 2 aromatic carbocycles. The quantitative estimate of drug-likeness (QED) is 0.743. The van der Waals surface area contributed by atoms with E-state index in [2.05, 4.69) is 10.1 Å². The molecule has 6 nitrogen and oxygen atoms in total. The number of ether oxygens (including phenoxy) is 3. The Balaban J connectivity index is 1.74. The highest BCUT2D eigenvalue weighted by Gasteiger charge is 2.05. The minimum atomic E-state index is -0.299. The fourth-order valence-corrected chi connectivity index (χ4v) is 2.09. The van der Waals surface area contributed by atoms with E-state index in [9.17, 15) is 9.59 Å². The van der Waals surface area contributed by atoms with E-state index in [1.165, 1.54) is 7.11 Å². The molecule has 25 heavy (non-hydrogen) atoms. The number of carbonyl (C=O) groups is 2. The number of rotatable bonds is 8. The number of nitrogens with one attached hydrogen (secondary N) is 1. The van der Waals surface area contributed by atoms with E-state index in [1.807, 2.05) is 24.3 Å². The summed E-state index contributed by atoms with van der Waals surface area (Å²) in [6.07, 6.45) is 0.207. The fourth-order valence-electron chi connectivity index (χ4n) is 2.09. The molecule has 132 valence electrons. The van der Waals surface area contributed by atoms with Gasteiger partial charge in [-0.05, 0) is 35.4 Å². The van der Waals surface area contributed by atoms with E-state index in [0.717, 1.165) is 16.9 Å². The van der Waals surface area contributed by atoms with Crippen LogP contribution in [0.5, 0.6) is 11.5 Å². The van der Waals surface area contributed by atoms with Gasteiger partial charge in [0.25, 0.3) is 5.91 Å². The number of amides is 1. The van der Waals surface area contributed by atoms with Crippen LogP contribution in [0.3, 0.4) is 0 Å². The predicted molar refractivity (Wildman–Crippen MR) is 92.5 cm³/mol. The first-order valence-electron chi connectivity index (χ1n) is 7.79. The summed E-state index contributed by atoms with van der Waals surface area (Å²) in [6.45, 7) is 0.344. The van der Waals surface area contributed by atoms with Gasteiger partial charge in [0.2, 0.25) is 0 Å². The van der Waals surface area contributed by atoms with Crippen LogP contribution >= 0.6 is 0 Å². The van der Waals surface area contributed by atoms with Crippen LogP contribution in [0.2, 0.25) is 0 Å². The van der Waals surface area contributed by atoms with Gasteiger partial charge >= 0.3 is 5.97 Å². The van der Waals surface area contributed by atoms with E-state index in [1.54, 1.807) is 31.4 Å². The molecule has 0 saturated carbocycles. The summed E-state index contributed by atoms with van der Waals surface area (Å²) in [7, 11) is 2.96. The lowest BCUT2D eigenvalue weighted by atomic mass is 10.1. The van der Waals surface area contributed by atoms with Crippen molar-refractivity contribution in [2.24, 2.45) is 0 Å². The predicted octanol–water partition coefficient (Wildman–Crippen LogP) is 2.11. The topological polar surface area (TPSA) is 73.9 Å². The largest absolute Gasteiger partial charge is 0.497 e. The van der Waals surface area contributed by atoms with Crippen molar-refractivity contribution in [3.05, 3.63) is 59.7 Å². The first-order chi connectivity index (χ1) is 12.1. The first kappa shape index (κ1) is 18.3. The van der Waals surface area contributed by atoms with Crippen molar-refractivity contribution in [2.45, 2.75) is 13.0 Å². The third-order valence-electron chi connectivity index (χ3n) is 3.52. The molecule has 0 aliphatic carbocycles. The Morgan fingerprint density at radius 3 is 2.08 bits per heavy atom. The average Bonchev–Trinajstić information content (AvgIpc) is 2.66. The molecule has 0 radical (unpaired) electrons. The summed E-state index contributed by atoms with van der Waals surface area (Å²) in [5, 5.41) is 2.79. The second kappa shape index (κ2) is 9.32. The summed E-state index contributed by atoms with van der Waals surface area (Å²) >= 11 is 0. The number of hydrogen-bond donors (Lipinski definition) is 1. The van der Waals surface area contributed by atoms with E-state index in [0.29, 0.717) is 12.3 Å². The van der Waals surface area contributed by atoms with Gasteiger partial charge in [-0.25, -0.2) is 0 Å². The van der Waals surface area contributed by atoms with Crippen LogP contribution in [0.25, 0.3) is 0 Å². The minimum absolute atomic E-state index is 0.0769. The molecule has 0 aliphatic heterocycles. The zero-order valence-electron chi connectivity index (χ0n) is 14.3. The van der Waals surface area contributed by atoms with Crippen molar-refractivity contribution < 1.29 is 23.8 Å². The molecule has 1 amide bonds. The van der Waals surface area contributed by atoms with Gasteiger partial charge in [-0.3, -0.25) is 9.59 Å². The molecule has 0 unspecified atom stereocenters. The van der Waals surface area contributed by atoms with Gasteiger partial charge in [0.1, 0.15) is 11.5 Å². The van der Waals surface area contributed by atoms with Crippen molar-refractivity contribution in [1.29, 1.82) is 0 Å². The summed E-state index contributed by atoms with van der Waals surface area (Å²) < 4.78 is 15.1. The van der Waals surface area contributed by atoms with Gasteiger partial charge in [0, 0.05) is 6.54 Å². The lowest BCUT2D eigenvalue weighted by Crippen LogP contribution is -2.28. The molecule has 2 rings (SSSR count). The number of carbonyl (C=O) groups excluding carboxylic acids is 2. The average molecular weight is 343 g/mol. The van der Waals surface area contributed by atoms with Crippen LogP contribution in [0, 0.1) is 0 Å². The number of methoxy groups -OCH3 is 2. The van der Waals surface area contributed by atoms with Crippen LogP contribution in [0.15, 0.2) is 48.5 Å². The molecule has 1 N–H and O–H groups in total. The van der Waals surface area contributed by atoms with Crippen LogP contribution < -0.4 is 14.8 Å². The van der Waals surface area contributed by atoms with Gasteiger partial charge < -0.3 is 19.5 Å². The maximum atomic E-state index is 11.8. The van der Waals surface area contributed by atoms with Crippen molar-refractivity contribution >= 4 is 11.9 Å². The Hall–Kier alpha value is -3.02. The van der Waals surface area contributed by atoms with Crippen LogP contribution in [0.1, 0.15) is 11.1 Å². The molecule has 0 saturated heterocycles. The number of hydrogen-bond acceptors (Lipinski definition) is 5. The highest BCUT2D eigenvalue weighted by atomic mass is 16.5. The van der Waals surface area contributed by atoms with Crippen molar-refractivity contribution in [1.82, 2.24) is 5.32 Å². The van der Waals surface area contributed by atoms with Crippen molar-refractivity contribution in [2.75, 3.05) is 20.8 Å². The van der Waals surface area contributed by atoms with Crippen LogP contribution in [-0.4, -0.2) is 32.7 Å². The van der Waals surface area contributed by atoms with Crippen molar-refractivity contribution in [3.63, 3.8) is 0 Å². The Kier molecular flexibility index (Phi) is 6.83. The SMILES string of the molecule is COC(=O)Cc1ccc(OCC(=O)NCc2ccc(OC)cc2)cc1. The zero-order valence-corrected chi connectivity index (χ0v) is 14.3. The number of benzene rings is 2. The van der Waals surface area contributed by atoms with Gasteiger partial charge in [-0.1, -0.05) is 24.3 Å². The van der Waals surface area contributed by atoms with E-state index in [4.69, 9.17) is 9.47 Å². The fraction of sp³-hybridized carbons (Fsp3) is 0.263. The monoisotopic (exact) mass is 343 g/mol. The lowest BCUT2D eigenvalue weighted by molar-refractivity contribution is -0.139. The summed E-state index contributed by atoms with van der Waals surface area (Å²) in [6, 6.07) is 14.4. The van der Waals surface area contributed by atoms with E-state index in [-0.39, 0.29) is 24.9 Å². The highest BCUT2D eigenvalue weighted by Crippen LogP contribution is 2.13. The van der Waals surface area contributed by atoms with Crippen LogP contribution in [-0.2, 0) is 27.3 Å². The zero-order chi connectivity index (χ0) is 18.1. The Morgan fingerprint density at radius 2 is 1.48 bits per heavy atom. The molecule has 0 heterocycles. The summed E-state index contributed by atoms with van der Waals surface area (Å²) in [5.74, 6) is 0.823. The Labute approximate surface area is 146 Å². The van der Waals surface area contributed by atoms with Crippen molar-refractivity contribution in [3.8, 4) is 11.5 Å². The van der Waals surface area contributed by atoms with Gasteiger partial charge in [0.15, 0.2) is 6.61 Å². The third kappa shape index (κ3) is 6.18. The maximum Gasteiger partial charge on any atom is 0.309 e. The highest BCUT2D eigenvalue weighted by molar-refractivity contribution is 5.77. The van der Waals surface area contributed by atoms with Gasteiger partial charge in [-0.2, -0.15) is 0 Å². The Morgan fingerprint density at radius 1 is 0.880 bits per heavy atom. The molecule has 0 aliphatic rings. The lowest BCUT2D eigenvalue weighted by Gasteiger charge is -2.09. The molecular formula is C19H21NO5. The van der Waals surface area contributed by atoms with Gasteiger partial charge in [0.05, 0.1) is 20.6 Å². The van der Waals surface area contributed by atoms with Gasteiger partial charge in [-0.15, -0.1) is 0 Å². The molecular weight excluding hydrogens is 322 g/mol. The minimum Gasteiger partial charge on any atom is -0.497 e. The third-order valence-corrected chi connectivity index (χ3v) is 3.52. The number of esters is 1. The van der Waals surface area contributed by atoms with E-state index >= 15 is 0 Å². The first-order valence-corrected chi connectivity index (χ1v) is 7.79.